The lowest BCUT2D eigenvalue weighted by Crippen LogP contribution is -2.05. The van der Waals surface area contributed by atoms with Gasteiger partial charge in [-0.2, -0.15) is 5.90 Å². The second kappa shape index (κ2) is 7.80. The van der Waals surface area contributed by atoms with Crippen molar-refractivity contribution in [3.63, 3.8) is 0 Å². The molecule has 0 atom stereocenters. The van der Waals surface area contributed by atoms with Gasteiger partial charge < -0.3 is 4.84 Å². The lowest BCUT2D eigenvalue weighted by molar-refractivity contribution is 0.330. The van der Waals surface area contributed by atoms with Gasteiger partial charge in [0, 0.05) is 0 Å². The Hall–Kier alpha value is -2.58. The molecule has 2 nitrogen and oxygen atoms in total. The van der Waals surface area contributed by atoms with Gasteiger partial charge in [0.05, 0.1) is 0 Å². The highest BCUT2D eigenvalue weighted by molar-refractivity contribution is 5.64. The molecule has 122 valence electrons. The summed E-state index contributed by atoms with van der Waals surface area (Å²) in [5.41, 5.74) is 6.35. The largest absolute Gasteiger partial charge is 0.411 e. The van der Waals surface area contributed by atoms with Crippen LogP contribution >= 0.6 is 0 Å². The fourth-order valence-corrected chi connectivity index (χ4v) is 2.90. The summed E-state index contributed by atoms with van der Waals surface area (Å²) in [5, 5.41) is 0. The number of rotatable bonds is 6. The molecule has 0 saturated heterocycles. The van der Waals surface area contributed by atoms with Crippen LogP contribution in [0.15, 0.2) is 72.8 Å². The van der Waals surface area contributed by atoms with E-state index in [0.29, 0.717) is 0 Å². The van der Waals surface area contributed by atoms with E-state index in [2.05, 4.69) is 61.5 Å². The molecule has 0 radical (unpaired) electrons. The van der Waals surface area contributed by atoms with E-state index in [1.807, 2.05) is 18.2 Å². The fourth-order valence-electron chi connectivity index (χ4n) is 2.90. The van der Waals surface area contributed by atoms with Crippen LogP contribution in [0.1, 0.15) is 23.6 Å². The van der Waals surface area contributed by atoms with Gasteiger partial charge in [0.15, 0.2) is 0 Å². The van der Waals surface area contributed by atoms with Crippen molar-refractivity contribution >= 4 is 0 Å². The van der Waals surface area contributed by atoms with Gasteiger partial charge >= 0.3 is 0 Å². The van der Waals surface area contributed by atoms with Crippen molar-refractivity contribution in [1.29, 1.82) is 0 Å². The molecule has 3 rings (SSSR count). The molecule has 0 aliphatic heterocycles. The monoisotopic (exact) mass is 317 g/mol. The van der Waals surface area contributed by atoms with E-state index in [1.54, 1.807) is 0 Å². The van der Waals surface area contributed by atoms with Crippen LogP contribution in [-0.4, -0.2) is 0 Å². The molecule has 0 heterocycles. The minimum Gasteiger partial charge on any atom is -0.411 e. The summed E-state index contributed by atoms with van der Waals surface area (Å²) in [6.07, 6.45) is 2.96. The molecule has 24 heavy (non-hydrogen) atoms. The molecule has 0 saturated carbocycles. The third-order valence-electron chi connectivity index (χ3n) is 4.43. The van der Waals surface area contributed by atoms with Gasteiger partial charge in [-0.3, -0.25) is 0 Å². The number of hydrogen-bond acceptors (Lipinski definition) is 2. The SMILES string of the molecule is CCc1ccc(-c2ccc(CCc3ccccc3ON)cc2)cc1. The molecule has 2 N–H and O–H groups in total. The lowest BCUT2D eigenvalue weighted by atomic mass is 9.99. The molecule has 0 aliphatic carbocycles. The van der Waals surface area contributed by atoms with Crippen molar-refractivity contribution < 1.29 is 4.84 Å². The van der Waals surface area contributed by atoms with E-state index >= 15 is 0 Å². The van der Waals surface area contributed by atoms with Crippen LogP contribution in [0.5, 0.6) is 5.75 Å². The maximum Gasteiger partial charge on any atom is 0.150 e. The molecule has 0 aliphatic rings. The summed E-state index contributed by atoms with van der Waals surface area (Å²) in [7, 11) is 0. The maximum atomic E-state index is 5.32. The van der Waals surface area contributed by atoms with Gasteiger partial charge in [-0.1, -0.05) is 73.7 Å². The highest BCUT2D eigenvalue weighted by atomic mass is 16.6. The third kappa shape index (κ3) is 3.84. The average molecular weight is 317 g/mol. The predicted molar refractivity (Wildman–Crippen MR) is 99.9 cm³/mol. The summed E-state index contributed by atoms with van der Waals surface area (Å²) < 4.78 is 0. The Bertz CT molecular complexity index is 776. The second-order valence-corrected chi connectivity index (χ2v) is 5.97. The number of benzene rings is 3. The highest BCUT2D eigenvalue weighted by Crippen LogP contribution is 2.22. The first kappa shape index (κ1) is 16.3. The summed E-state index contributed by atoms with van der Waals surface area (Å²) in [6, 6.07) is 25.5. The Morgan fingerprint density at radius 2 is 1.29 bits per heavy atom. The standard InChI is InChI=1S/C22H23NO/c1-2-17-7-12-19(13-8-17)20-14-9-18(10-15-20)11-16-21-5-3-4-6-22(21)24-23/h3-10,12-15H,2,11,16,23H2,1H3. The quantitative estimate of drug-likeness (QED) is 0.653. The van der Waals surface area contributed by atoms with Crippen molar-refractivity contribution in [3.8, 4) is 16.9 Å². The average Bonchev–Trinajstić information content (AvgIpc) is 2.67. The zero-order valence-corrected chi connectivity index (χ0v) is 14.0. The molecule has 3 aromatic carbocycles. The Kier molecular flexibility index (Phi) is 5.29. The molecule has 0 bridgehead atoms. The zero-order chi connectivity index (χ0) is 16.8. The van der Waals surface area contributed by atoms with Gasteiger partial charge in [0.25, 0.3) is 0 Å². The van der Waals surface area contributed by atoms with Crippen molar-refractivity contribution in [1.82, 2.24) is 0 Å². The van der Waals surface area contributed by atoms with Gasteiger partial charge in [-0.05, 0) is 53.1 Å². The van der Waals surface area contributed by atoms with Gasteiger partial charge in [0.1, 0.15) is 5.75 Å². The van der Waals surface area contributed by atoms with Gasteiger partial charge in [-0.25, -0.2) is 0 Å². The summed E-state index contributed by atoms with van der Waals surface area (Å²) in [6.45, 7) is 2.18. The first-order valence-electron chi connectivity index (χ1n) is 8.43. The van der Waals surface area contributed by atoms with Crippen molar-refractivity contribution in [2.45, 2.75) is 26.2 Å². The van der Waals surface area contributed by atoms with Gasteiger partial charge in [-0.15, -0.1) is 0 Å². The van der Waals surface area contributed by atoms with Crippen LogP contribution in [-0.2, 0) is 19.3 Å². The van der Waals surface area contributed by atoms with E-state index < -0.39 is 0 Å². The van der Waals surface area contributed by atoms with Crippen LogP contribution < -0.4 is 10.7 Å². The molecule has 0 spiro atoms. The third-order valence-corrected chi connectivity index (χ3v) is 4.43. The number of aryl methyl sites for hydroxylation is 3. The molecular weight excluding hydrogens is 294 g/mol. The maximum absolute atomic E-state index is 5.32. The van der Waals surface area contributed by atoms with Gasteiger partial charge in [0.2, 0.25) is 0 Å². The predicted octanol–water partition coefficient (Wildman–Crippen LogP) is 4.95. The van der Waals surface area contributed by atoms with Crippen LogP contribution in [0.2, 0.25) is 0 Å². The smallest absolute Gasteiger partial charge is 0.150 e. The summed E-state index contributed by atoms with van der Waals surface area (Å²) in [5.74, 6) is 6.08. The lowest BCUT2D eigenvalue weighted by Gasteiger charge is -2.08. The molecule has 0 unspecified atom stereocenters. The van der Waals surface area contributed by atoms with E-state index in [0.717, 1.165) is 30.6 Å². The minimum absolute atomic E-state index is 0.755. The Labute approximate surface area is 143 Å². The zero-order valence-electron chi connectivity index (χ0n) is 14.0. The van der Waals surface area contributed by atoms with E-state index in [4.69, 9.17) is 10.7 Å². The number of nitrogens with two attached hydrogens (primary N) is 1. The van der Waals surface area contributed by atoms with Crippen LogP contribution in [0.3, 0.4) is 0 Å². The van der Waals surface area contributed by atoms with Crippen molar-refractivity contribution in [2.24, 2.45) is 5.90 Å². The molecule has 0 amide bonds. The molecule has 0 aromatic heterocycles. The Morgan fingerprint density at radius 1 is 0.708 bits per heavy atom. The summed E-state index contributed by atoms with van der Waals surface area (Å²) >= 11 is 0. The molecule has 2 heteroatoms. The first-order chi connectivity index (χ1) is 11.8. The van der Waals surface area contributed by atoms with Crippen molar-refractivity contribution in [2.75, 3.05) is 0 Å². The van der Waals surface area contributed by atoms with E-state index in [1.165, 1.54) is 22.3 Å². The second-order valence-electron chi connectivity index (χ2n) is 5.97. The number of hydrogen-bond donors (Lipinski definition) is 1. The fraction of sp³-hybridized carbons (Fsp3) is 0.182. The Balaban J connectivity index is 1.68. The normalized spacial score (nSPS) is 10.6. The molecule has 3 aromatic rings. The Morgan fingerprint density at radius 3 is 1.88 bits per heavy atom. The van der Waals surface area contributed by atoms with Crippen molar-refractivity contribution in [3.05, 3.63) is 89.5 Å². The van der Waals surface area contributed by atoms with E-state index in [9.17, 15) is 0 Å². The summed E-state index contributed by atoms with van der Waals surface area (Å²) in [4.78, 5) is 4.93. The molecule has 0 fully saturated rings. The van der Waals surface area contributed by atoms with Crippen LogP contribution in [0.4, 0.5) is 0 Å². The van der Waals surface area contributed by atoms with E-state index in [-0.39, 0.29) is 0 Å². The number of para-hydroxylation sites is 1. The minimum atomic E-state index is 0.755. The van der Waals surface area contributed by atoms with Crippen LogP contribution in [0.25, 0.3) is 11.1 Å². The first-order valence-corrected chi connectivity index (χ1v) is 8.43. The van der Waals surface area contributed by atoms with Crippen LogP contribution in [0, 0.1) is 0 Å². The highest BCUT2D eigenvalue weighted by Gasteiger charge is 2.04. The topological polar surface area (TPSA) is 35.2 Å². The molecular formula is C22H23NO.